The van der Waals surface area contributed by atoms with Gasteiger partial charge in [-0.3, -0.25) is 4.79 Å². The normalized spacial score (nSPS) is 10.8. The summed E-state index contributed by atoms with van der Waals surface area (Å²) in [6.45, 7) is 0. The summed E-state index contributed by atoms with van der Waals surface area (Å²) in [7, 11) is 0. The lowest BCUT2D eigenvalue weighted by Crippen LogP contribution is -2.11. The molecule has 0 radical (unpaired) electrons. The molecule has 0 aliphatic rings. The third kappa shape index (κ3) is 2.74. The van der Waals surface area contributed by atoms with Gasteiger partial charge in [-0.2, -0.15) is 0 Å². The van der Waals surface area contributed by atoms with Crippen molar-refractivity contribution < 1.29 is 4.79 Å². The summed E-state index contributed by atoms with van der Waals surface area (Å²) in [6.07, 6.45) is 0. The Kier molecular flexibility index (Phi) is 4.09. The summed E-state index contributed by atoms with van der Waals surface area (Å²) in [5.41, 5.74) is 0.461. The number of benzene rings is 2. The van der Waals surface area contributed by atoms with Crippen molar-refractivity contribution >= 4 is 67.8 Å². The second-order valence-electron chi connectivity index (χ2n) is 4.30. The number of fused-ring (bicyclic) bond motifs is 1. The van der Waals surface area contributed by atoms with E-state index in [0.29, 0.717) is 25.6 Å². The number of carbonyl (C=O) groups is 1. The Bertz CT molecular complexity index is 844. The van der Waals surface area contributed by atoms with Gasteiger partial charge in [-0.05, 0) is 18.2 Å². The third-order valence-corrected chi connectivity index (χ3v) is 5.43. The SMILES string of the molecule is O=C(Nc1cccc(Cl)c1Cl)c1sc2ccccc2c1Cl. The summed E-state index contributed by atoms with van der Waals surface area (Å²) < 4.78 is 0.963. The van der Waals surface area contributed by atoms with Crippen LogP contribution in [0.1, 0.15) is 9.67 Å². The first-order valence-corrected chi connectivity index (χ1v) is 7.95. The lowest BCUT2D eigenvalue weighted by atomic mass is 10.2. The van der Waals surface area contributed by atoms with Gasteiger partial charge in [0, 0.05) is 10.1 Å². The maximum Gasteiger partial charge on any atom is 0.267 e. The maximum atomic E-state index is 12.4. The molecule has 106 valence electrons. The Labute approximate surface area is 140 Å². The predicted molar refractivity (Wildman–Crippen MR) is 91.3 cm³/mol. The van der Waals surface area contributed by atoms with Crippen molar-refractivity contribution in [3.8, 4) is 0 Å². The van der Waals surface area contributed by atoms with Crippen molar-refractivity contribution in [3.63, 3.8) is 0 Å². The van der Waals surface area contributed by atoms with Crippen molar-refractivity contribution in [1.29, 1.82) is 0 Å². The summed E-state index contributed by atoms with van der Waals surface area (Å²) in [6, 6.07) is 12.7. The number of anilines is 1. The van der Waals surface area contributed by atoms with E-state index in [1.807, 2.05) is 24.3 Å². The van der Waals surface area contributed by atoms with E-state index in [-0.39, 0.29) is 5.91 Å². The molecule has 2 aromatic carbocycles. The van der Waals surface area contributed by atoms with E-state index in [9.17, 15) is 4.79 Å². The van der Waals surface area contributed by atoms with Crippen molar-refractivity contribution in [2.75, 3.05) is 5.32 Å². The molecule has 21 heavy (non-hydrogen) atoms. The molecule has 0 spiro atoms. The quantitative estimate of drug-likeness (QED) is 0.589. The number of nitrogens with one attached hydrogen (secondary N) is 1. The van der Waals surface area contributed by atoms with Crippen LogP contribution in [0.15, 0.2) is 42.5 Å². The van der Waals surface area contributed by atoms with Crippen LogP contribution < -0.4 is 5.32 Å². The van der Waals surface area contributed by atoms with Gasteiger partial charge in [-0.15, -0.1) is 11.3 Å². The number of carbonyl (C=O) groups excluding carboxylic acids is 1. The van der Waals surface area contributed by atoms with Gasteiger partial charge < -0.3 is 5.32 Å². The van der Waals surface area contributed by atoms with Gasteiger partial charge in [0.25, 0.3) is 5.91 Å². The maximum absolute atomic E-state index is 12.4. The molecule has 0 aliphatic heterocycles. The standard InChI is InChI=1S/C15H8Cl3NOS/c16-9-5-3-6-10(13(9)18)19-15(20)14-12(17)8-4-1-2-7-11(8)21-14/h1-7H,(H,19,20). The molecule has 1 heterocycles. The molecule has 2 nitrogen and oxygen atoms in total. The van der Waals surface area contributed by atoms with Crippen LogP contribution in [-0.4, -0.2) is 5.91 Å². The Morgan fingerprint density at radius 1 is 0.952 bits per heavy atom. The minimum absolute atomic E-state index is 0.301. The summed E-state index contributed by atoms with van der Waals surface area (Å²) in [5.74, 6) is -0.301. The van der Waals surface area contributed by atoms with Gasteiger partial charge in [0.15, 0.2) is 0 Å². The molecule has 0 fully saturated rings. The lowest BCUT2D eigenvalue weighted by Gasteiger charge is -2.07. The zero-order valence-corrected chi connectivity index (χ0v) is 13.6. The Balaban J connectivity index is 1.97. The van der Waals surface area contributed by atoms with Gasteiger partial charge in [0.05, 0.1) is 20.8 Å². The highest BCUT2D eigenvalue weighted by Gasteiger charge is 2.18. The second-order valence-corrected chi connectivity index (χ2v) is 6.51. The van der Waals surface area contributed by atoms with Gasteiger partial charge in [-0.25, -0.2) is 0 Å². The number of halogens is 3. The average molecular weight is 357 g/mol. The second kappa shape index (κ2) is 5.85. The Morgan fingerprint density at radius 3 is 2.48 bits per heavy atom. The molecule has 1 aromatic heterocycles. The average Bonchev–Trinajstić information content (AvgIpc) is 2.82. The highest BCUT2D eigenvalue weighted by Crippen LogP contribution is 2.36. The van der Waals surface area contributed by atoms with E-state index in [4.69, 9.17) is 34.8 Å². The van der Waals surface area contributed by atoms with E-state index in [1.54, 1.807) is 18.2 Å². The first-order valence-electron chi connectivity index (χ1n) is 6.00. The molecule has 0 bridgehead atoms. The van der Waals surface area contributed by atoms with E-state index < -0.39 is 0 Å². The largest absolute Gasteiger partial charge is 0.320 e. The minimum atomic E-state index is -0.301. The third-order valence-electron chi connectivity index (χ3n) is 2.94. The van der Waals surface area contributed by atoms with E-state index in [2.05, 4.69) is 5.32 Å². The van der Waals surface area contributed by atoms with Gasteiger partial charge in [0.1, 0.15) is 4.88 Å². The Morgan fingerprint density at radius 2 is 1.71 bits per heavy atom. The van der Waals surface area contributed by atoms with Crippen LogP contribution in [0, 0.1) is 0 Å². The Hall–Kier alpha value is -1.26. The molecule has 0 saturated carbocycles. The zero-order chi connectivity index (χ0) is 15.0. The van der Waals surface area contributed by atoms with Crippen molar-refractivity contribution in [2.45, 2.75) is 0 Å². The first-order chi connectivity index (χ1) is 10.1. The van der Waals surface area contributed by atoms with Crippen LogP contribution in [0.3, 0.4) is 0 Å². The highest BCUT2D eigenvalue weighted by atomic mass is 35.5. The zero-order valence-electron chi connectivity index (χ0n) is 10.5. The fourth-order valence-electron chi connectivity index (χ4n) is 1.94. The van der Waals surface area contributed by atoms with Gasteiger partial charge >= 0.3 is 0 Å². The van der Waals surface area contributed by atoms with E-state index >= 15 is 0 Å². The molecule has 6 heteroatoms. The number of hydrogen-bond acceptors (Lipinski definition) is 2. The van der Waals surface area contributed by atoms with Gasteiger partial charge in [-0.1, -0.05) is 59.1 Å². The number of amides is 1. The highest BCUT2D eigenvalue weighted by molar-refractivity contribution is 7.21. The van der Waals surface area contributed by atoms with Gasteiger partial charge in [0.2, 0.25) is 0 Å². The van der Waals surface area contributed by atoms with Crippen LogP contribution in [0.4, 0.5) is 5.69 Å². The van der Waals surface area contributed by atoms with Crippen LogP contribution in [0.2, 0.25) is 15.1 Å². The molecule has 1 amide bonds. The molecule has 0 atom stereocenters. The topological polar surface area (TPSA) is 29.1 Å². The molecule has 0 aliphatic carbocycles. The molecule has 3 rings (SSSR count). The van der Waals surface area contributed by atoms with Crippen LogP contribution in [0.5, 0.6) is 0 Å². The van der Waals surface area contributed by atoms with E-state index in [0.717, 1.165) is 10.1 Å². The van der Waals surface area contributed by atoms with E-state index in [1.165, 1.54) is 11.3 Å². The molecular formula is C15H8Cl3NOS. The predicted octanol–water partition coefficient (Wildman–Crippen LogP) is 6.11. The lowest BCUT2D eigenvalue weighted by molar-refractivity contribution is 0.103. The van der Waals surface area contributed by atoms with Crippen LogP contribution in [-0.2, 0) is 0 Å². The monoisotopic (exact) mass is 355 g/mol. The van der Waals surface area contributed by atoms with Crippen LogP contribution in [0.25, 0.3) is 10.1 Å². The smallest absolute Gasteiger partial charge is 0.267 e. The summed E-state index contributed by atoms with van der Waals surface area (Å²) >= 11 is 19.6. The molecule has 0 unspecified atom stereocenters. The van der Waals surface area contributed by atoms with Crippen molar-refractivity contribution in [2.24, 2.45) is 0 Å². The molecular weight excluding hydrogens is 349 g/mol. The molecule has 1 N–H and O–H groups in total. The van der Waals surface area contributed by atoms with Crippen LogP contribution >= 0.6 is 46.1 Å². The summed E-state index contributed by atoms with van der Waals surface area (Å²) in [5, 5.41) is 4.75. The molecule has 3 aromatic rings. The number of rotatable bonds is 2. The fourth-order valence-corrected chi connectivity index (χ4v) is 3.70. The van der Waals surface area contributed by atoms with Crippen molar-refractivity contribution in [3.05, 3.63) is 62.4 Å². The number of hydrogen-bond donors (Lipinski definition) is 1. The minimum Gasteiger partial charge on any atom is -0.320 e. The molecule has 0 saturated heterocycles. The summed E-state index contributed by atoms with van der Waals surface area (Å²) in [4.78, 5) is 12.8. The first kappa shape index (κ1) is 14.7. The fraction of sp³-hybridized carbons (Fsp3) is 0. The van der Waals surface area contributed by atoms with Crippen molar-refractivity contribution in [1.82, 2.24) is 0 Å². The number of thiophene rings is 1.